The number of aromatic nitrogens is 1. The second-order valence-electron chi connectivity index (χ2n) is 5.29. The first-order valence-corrected chi connectivity index (χ1v) is 7.73. The number of methoxy groups -OCH3 is 1. The van der Waals surface area contributed by atoms with Crippen LogP contribution in [0.1, 0.15) is 49.4 Å². The molecule has 102 valence electrons. The van der Waals surface area contributed by atoms with Crippen LogP contribution < -0.4 is 5.32 Å². The number of nitrogens with zero attached hydrogens (tertiary/aromatic N) is 1. The summed E-state index contributed by atoms with van der Waals surface area (Å²) in [6.07, 6.45) is 6.71. The molecule has 0 aliphatic heterocycles. The molecule has 1 heterocycles. The highest BCUT2D eigenvalue weighted by molar-refractivity contribution is 7.11. The number of ether oxygens (including phenoxy) is 1. The third-order valence-electron chi connectivity index (χ3n) is 3.97. The predicted molar refractivity (Wildman–Crippen MR) is 75.8 cm³/mol. The molecule has 1 aromatic heterocycles. The average Bonchev–Trinajstić information content (AvgIpc) is 2.87. The van der Waals surface area contributed by atoms with Crippen LogP contribution >= 0.6 is 11.3 Å². The van der Waals surface area contributed by atoms with Gasteiger partial charge in [-0.3, -0.25) is 0 Å². The van der Waals surface area contributed by atoms with Crippen molar-refractivity contribution in [2.75, 3.05) is 13.7 Å². The molecule has 1 fully saturated rings. The molecule has 1 aromatic rings. The maximum atomic E-state index is 5.86. The second-order valence-corrected chi connectivity index (χ2v) is 6.41. The molecule has 4 heteroatoms. The minimum atomic E-state index is -0.109. The van der Waals surface area contributed by atoms with E-state index in [0.29, 0.717) is 0 Å². The third kappa shape index (κ3) is 2.92. The first kappa shape index (κ1) is 14.0. The Labute approximate surface area is 114 Å². The molecule has 1 saturated carbocycles. The summed E-state index contributed by atoms with van der Waals surface area (Å²) < 4.78 is 5.86. The van der Waals surface area contributed by atoms with Crippen molar-refractivity contribution in [1.29, 1.82) is 0 Å². The number of hydrogen-bond acceptors (Lipinski definition) is 4. The van der Waals surface area contributed by atoms with E-state index in [1.165, 1.54) is 22.7 Å². The van der Waals surface area contributed by atoms with Gasteiger partial charge in [0.2, 0.25) is 0 Å². The maximum Gasteiger partial charge on any atom is 0.125 e. The van der Waals surface area contributed by atoms with Crippen molar-refractivity contribution in [3.05, 3.63) is 16.1 Å². The monoisotopic (exact) mass is 268 g/mol. The van der Waals surface area contributed by atoms with Gasteiger partial charge in [-0.1, -0.05) is 13.8 Å². The van der Waals surface area contributed by atoms with Gasteiger partial charge in [0, 0.05) is 24.7 Å². The van der Waals surface area contributed by atoms with E-state index < -0.39 is 0 Å². The fourth-order valence-electron chi connectivity index (χ4n) is 2.58. The zero-order chi connectivity index (χ0) is 13.0. The summed E-state index contributed by atoms with van der Waals surface area (Å²) in [5.41, 5.74) is -0.109. The van der Waals surface area contributed by atoms with Gasteiger partial charge in [0.25, 0.3) is 0 Å². The summed E-state index contributed by atoms with van der Waals surface area (Å²) >= 11 is 1.81. The first-order valence-electron chi connectivity index (χ1n) is 6.91. The molecule has 1 aliphatic rings. The molecule has 1 N–H and O–H groups in total. The minimum Gasteiger partial charge on any atom is -0.371 e. The molecule has 0 unspecified atom stereocenters. The van der Waals surface area contributed by atoms with Gasteiger partial charge in [-0.2, -0.15) is 0 Å². The summed E-state index contributed by atoms with van der Waals surface area (Å²) in [4.78, 5) is 5.92. The van der Waals surface area contributed by atoms with Crippen molar-refractivity contribution in [1.82, 2.24) is 10.3 Å². The van der Waals surface area contributed by atoms with Crippen LogP contribution in [0.25, 0.3) is 0 Å². The lowest BCUT2D eigenvalue weighted by atomic mass is 9.80. The SMILES string of the molecule is CCNCc1cnc(C2(OC)CCC(C)CC2)s1. The molecule has 0 bridgehead atoms. The van der Waals surface area contributed by atoms with Gasteiger partial charge >= 0.3 is 0 Å². The lowest BCUT2D eigenvalue weighted by Gasteiger charge is -2.36. The predicted octanol–water partition coefficient (Wildman–Crippen LogP) is 3.30. The standard InChI is InChI=1S/C14H24N2OS/c1-4-15-9-12-10-16-13(18-12)14(17-3)7-5-11(2)6-8-14/h10-11,15H,4-9H2,1-3H3. The Morgan fingerprint density at radius 3 is 2.83 bits per heavy atom. The van der Waals surface area contributed by atoms with Crippen LogP contribution in [0.3, 0.4) is 0 Å². The lowest BCUT2D eigenvalue weighted by molar-refractivity contribution is -0.0531. The van der Waals surface area contributed by atoms with Crippen LogP contribution in [0.15, 0.2) is 6.20 Å². The van der Waals surface area contributed by atoms with E-state index in [4.69, 9.17) is 4.74 Å². The molecule has 0 atom stereocenters. The first-order chi connectivity index (χ1) is 8.70. The fraction of sp³-hybridized carbons (Fsp3) is 0.786. The zero-order valence-corrected chi connectivity index (χ0v) is 12.5. The lowest BCUT2D eigenvalue weighted by Crippen LogP contribution is -2.33. The summed E-state index contributed by atoms with van der Waals surface area (Å²) in [5.74, 6) is 0.828. The summed E-state index contributed by atoms with van der Waals surface area (Å²) in [7, 11) is 1.83. The molecule has 0 radical (unpaired) electrons. The molecular formula is C14H24N2OS. The van der Waals surface area contributed by atoms with Gasteiger partial charge in [-0.05, 0) is 38.1 Å². The van der Waals surface area contributed by atoms with Crippen molar-refractivity contribution < 1.29 is 4.74 Å². The Bertz CT molecular complexity index is 370. The molecule has 0 aromatic carbocycles. The third-order valence-corrected chi connectivity index (χ3v) is 5.15. The Kier molecular flexibility index (Phi) is 4.76. The summed E-state index contributed by atoms with van der Waals surface area (Å²) in [5, 5.41) is 4.52. The van der Waals surface area contributed by atoms with Gasteiger partial charge in [0.05, 0.1) is 0 Å². The molecule has 1 aliphatic carbocycles. The van der Waals surface area contributed by atoms with Crippen LogP contribution in [0.2, 0.25) is 0 Å². The molecule has 2 rings (SSSR count). The highest BCUT2D eigenvalue weighted by Gasteiger charge is 2.38. The van der Waals surface area contributed by atoms with Crippen LogP contribution in [0, 0.1) is 5.92 Å². The molecule has 0 saturated heterocycles. The Morgan fingerprint density at radius 2 is 2.22 bits per heavy atom. The zero-order valence-electron chi connectivity index (χ0n) is 11.7. The van der Waals surface area contributed by atoms with Crippen LogP contribution in [0.4, 0.5) is 0 Å². The van der Waals surface area contributed by atoms with E-state index in [9.17, 15) is 0 Å². The van der Waals surface area contributed by atoms with Crippen LogP contribution in [0.5, 0.6) is 0 Å². The smallest absolute Gasteiger partial charge is 0.125 e. The quantitative estimate of drug-likeness (QED) is 0.889. The average molecular weight is 268 g/mol. The highest BCUT2D eigenvalue weighted by Crippen LogP contribution is 2.43. The fourth-order valence-corrected chi connectivity index (χ4v) is 3.69. The van der Waals surface area contributed by atoms with Gasteiger partial charge < -0.3 is 10.1 Å². The number of rotatable bonds is 5. The van der Waals surface area contributed by atoms with E-state index >= 15 is 0 Å². The van der Waals surface area contributed by atoms with Crippen molar-refractivity contribution in [2.45, 2.75) is 51.7 Å². The van der Waals surface area contributed by atoms with E-state index in [1.807, 2.05) is 13.3 Å². The highest BCUT2D eigenvalue weighted by atomic mass is 32.1. The molecule has 0 amide bonds. The molecule has 0 spiro atoms. The number of nitrogens with one attached hydrogen (secondary N) is 1. The molecule has 3 nitrogen and oxygen atoms in total. The van der Waals surface area contributed by atoms with Gasteiger partial charge in [0.1, 0.15) is 10.6 Å². The topological polar surface area (TPSA) is 34.2 Å². The van der Waals surface area contributed by atoms with Crippen molar-refractivity contribution >= 4 is 11.3 Å². The van der Waals surface area contributed by atoms with Gasteiger partial charge in [-0.25, -0.2) is 4.98 Å². The van der Waals surface area contributed by atoms with Gasteiger partial charge in [0.15, 0.2) is 0 Å². The Morgan fingerprint density at radius 1 is 1.50 bits per heavy atom. The second kappa shape index (κ2) is 6.13. The van der Waals surface area contributed by atoms with E-state index in [-0.39, 0.29) is 5.60 Å². The van der Waals surface area contributed by atoms with E-state index in [1.54, 1.807) is 11.3 Å². The Hall–Kier alpha value is -0.450. The minimum absolute atomic E-state index is 0.109. The molecular weight excluding hydrogens is 244 g/mol. The summed E-state index contributed by atoms with van der Waals surface area (Å²) in [6, 6.07) is 0. The number of thiazole rings is 1. The molecule has 18 heavy (non-hydrogen) atoms. The van der Waals surface area contributed by atoms with Crippen LogP contribution in [-0.4, -0.2) is 18.6 Å². The van der Waals surface area contributed by atoms with Gasteiger partial charge in [-0.15, -0.1) is 11.3 Å². The van der Waals surface area contributed by atoms with Crippen molar-refractivity contribution in [3.8, 4) is 0 Å². The van der Waals surface area contributed by atoms with Crippen molar-refractivity contribution in [3.63, 3.8) is 0 Å². The van der Waals surface area contributed by atoms with E-state index in [2.05, 4.69) is 24.1 Å². The maximum absolute atomic E-state index is 5.86. The number of hydrogen-bond donors (Lipinski definition) is 1. The summed E-state index contributed by atoms with van der Waals surface area (Å²) in [6.45, 7) is 6.38. The van der Waals surface area contributed by atoms with Crippen LogP contribution in [-0.2, 0) is 16.9 Å². The Balaban J connectivity index is 2.09. The normalized spacial score (nSPS) is 28.5. The largest absolute Gasteiger partial charge is 0.371 e. The van der Waals surface area contributed by atoms with Crippen molar-refractivity contribution in [2.24, 2.45) is 5.92 Å². The van der Waals surface area contributed by atoms with E-state index in [0.717, 1.165) is 31.8 Å².